The Hall–Kier alpha value is -1.27. The number of aliphatic hydroxyl groups is 8. The fraction of sp³-hybridized carbons (Fsp3) is 0.933. The van der Waals surface area contributed by atoms with Gasteiger partial charge in [-0.25, -0.2) is 0 Å². The number of ether oxygens (including phenoxy) is 4. The van der Waals surface area contributed by atoms with E-state index in [2.05, 4.69) is 19.2 Å². The molecular formula is C45H85NO13. The van der Waals surface area contributed by atoms with Crippen molar-refractivity contribution in [3.05, 3.63) is 12.2 Å². The molecular weight excluding hydrogens is 762 g/mol. The lowest BCUT2D eigenvalue weighted by Crippen LogP contribution is -2.65. The van der Waals surface area contributed by atoms with Gasteiger partial charge in [-0.15, -0.1) is 0 Å². The summed E-state index contributed by atoms with van der Waals surface area (Å²) in [5.74, 6) is -0.241. The van der Waals surface area contributed by atoms with Crippen LogP contribution < -0.4 is 5.32 Å². The third kappa shape index (κ3) is 21.6. The summed E-state index contributed by atoms with van der Waals surface area (Å²) in [6, 6.07) is -0.906. The predicted octanol–water partition coefficient (Wildman–Crippen LogP) is 4.82. The molecule has 2 fully saturated rings. The first-order valence-electron chi connectivity index (χ1n) is 23.4. The van der Waals surface area contributed by atoms with Crippen LogP contribution >= 0.6 is 0 Å². The molecule has 0 radical (unpaired) electrons. The number of nitrogens with one attached hydrogen (secondary N) is 1. The van der Waals surface area contributed by atoms with Gasteiger partial charge in [-0.3, -0.25) is 4.79 Å². The lowest BCUT2D eigenvalue weighted by molar-refractivity contribution is -0.359. The van der Waals surface area contributed by atoms with Gasteiger partial charge >= 0.3 is 0 Å². The Morgan fingerprint density at radius 2 is 1.05 bits per heavy atom. The van der Waals surface area contributed by atoms with Crippen LogP contribution in [0, 0.1) is 0 Å². The first-order chi connectivity index (χ1) is 28.6. The highest BCUT2D eigenvalue weighted by Crippen LogP contribution is 2.30. The van der Waals surface area contributed by atoms with Crippen LogP contribution in [0.2, 0.25) is 0 Å². The van der Waals surface area contributed by atoms with Gasteiger partial charge in [0.1, 0.15) is 48.8 Å². The van der Waals surface area contributed by atoms with Crippen molar-refractivity contribution in [1.82, 2.24) is 5.32 Å². The second-order valence-corrected chi connectivity index (χ2v) is 16.9. The van der Waals surface area contributed by atoms with Crippen molar-refractivity contribution in [2.75, 3.05) is 19.8 Å². The molecule has 348 valence electrons. The number of rotatable bonds is 35. The molecule has 0 aromatic carbocycles. The minimum Gasteiger partial charge on any atom is -0.394 e. The standard InChI is InChI=1S/C45H85NO13/c1-3-5-7-9-11-13-15-17-18-20-22-24-26-28-34(49)33(46-37(50)29-27-25-23-21-19-16-14-12-10-8-6-4-2)32-56-44-42(55)40(53)43(36(31-48)58-44)59-45-41(54)39(52)38(51)35(30-47)57-45/h26,28,33-36,38-45,47-49,51-55H,3-25,27,29-32H2,1-2H3,(H,46,50)/b28-26+/t33-,34+,35+,36+,38-,39?,40?,41?,42?,43+,44+,45-/m0/s1. The van der Waals surface area contributed by atoms with E-state index in [9.17, 15) is 45.6 Å². The molecule has 14 nitrogen and oxygen atoms in total. The molecule has 0 aliphatic carbocycles. The van der Waals surface area contributed by atoms with Gasteiger partial charge in [0.15, 0.2) is 12.6 Å². The van der Waals surface area contributed by atoms with E-state index >= 15 is 0 Å². The maximum atomic E-state index is 13.1. The lowest BCUT2D eigenvalue weighted by Gasteiger charge is -2.46. The van der Waals surface area contributed by atoms with E-state index < -0.39 is 86.8 Å². The van der Waals surface area contributed by atoms with Crippen LogP contribution in [-0.2, 0) is 23.7 Å². The SMILES string of the molecule is CCCCCCCCCCCCC/C=C/[C@@H](O)[C@H](CO[C@@H]1O[C@H](CO)[C@@H](O[C@@H]2O[C@H](CO)[C@H](O)C(O)C2O)C(O)C1O)NC(=O)CCCCCCCCCCCCCC. The van der Waals surface area contributed by atoms with Crippen molar-refractivity contribution in [1.29, 1.82) is 0 Å². The van der Waals surface area contributed by atoms with Gasteiger partial charge in [-0.1, -0.05) is 161 Å². The van der Waals surface area contributed by atoms with E-state index in [4.69, 9.17) is 18.9 Å². The van der Waals surface area contributed by atoms with E-state index in [0.717, 1.165) is 38.5 Å². The number of unbranched alkanes of at least 4 members (excludes halogenated alkanes) is 22. The molecule has 2 rings (SSSR count). The highest BCUT2D eigenvalue weighted by Gasteiger charge is 2.50. The molecule has 4 unspecified atom stereocenters. The molecule has 2 aliphatic heterocycles. The number of carbonyl (C=O) groups excluding carboxylic acids is 1. The minimum atomic E-state index is -1.78. The Balaban J connectivity index is 1.90. The number of hydrogen-bond donors (Lipinski definition) is 9. The van der Waals surface area contributed by atoms with Crippen molar-refractivity contribution < 1.29 is 64.6 Å². The first kappa shape index (κ1) is 53.9. The summed E-state index contributed by atoms with van der Waals surface area (Å²) in [4.78, 5) is 13.1. The number of allylic oxidation sites excluding steroid dienone is 1. The molecule has 14 heteroatoms. The number of carbonyl (C=O) groups is 1. The molecule has 2 saturated heterocycles. The molecule has 0 spiro atoms. The van der Waals surface area contributed by atoms with Crippen LogP contribution in [0.25, 0.3) is 0 Å². The normalized spacial score (nSPS) is 28.6. The van der Waals surface area contributed by atoms with Gasteiger partial charge < -0.3 is 65.1 Å². The van der Waals surface area contributed by atoms with Crippen LogP contribution in [0.3, 0.4) is 0 Å². The predicted molar refractivity (Wildman–Crippen MR) is 226 cm³/mol. The largest absolute Gasteiger partial charge is 0.394 e. The van der Waals surface area contributed by atoms with E-state index in [-0.39, 0.29) is 18.9 Å². The van der Waals surface area contributed by atoms with Gasteiger partial charge in [0.2, 0.25) is 5.91 Å². The van der Waals surface area contributed by atoms with E-state index in [1.807, 2.05) is 6.08 Å². The molecule has 0 bridgehead atoms. The Morgan fingerprint density at radius 3 is 1.56 bits per heavy atom. The van der Waals surface area contributed by atoms with Crippen molar-refractivity contribution in [3.63, 3.8) is 0 Å². The molecule has 9 N–H and O–H groups in total. The molecule has 0 aromatic heterocycles. The molecule has 0 aromatic rings. The highest BCUT2D eigenvalue weighted by atomic mass is 16.7. The Bertz CT molecular complexity index is 1050. The second kappa shape index (κ2) is 33.3. The Labute approximate surface area is 355 Å². The summed E-state index contributed by atoms with van der Waals surface area (Å²) in [6.07, 6.45) is 15.4. The average Bonchev–Trinajstić information content (AvgIpc) is 3.23. The summed E-state index contributed by atoms with van der Waals surface area (Å²) >= 11 is 0. The zero-order chi connectivity index (χ0) is 43.3. The van der Waals surface area contributed by atoms with Gasteiger partial charge in [0.05, 0.1) is 32.0 Å². The zero-order valence-corrected chi connectivity index (χ0v) is 36.5. The maximum Gasteiger partial charge on any atom is 0.220 e. The smallest absolute Gasteiger partial charge is 0.220 e. The molecule has 2 aliphatic rings. The highest BCUT2D eigenvalue weighted by molar-refractivity contribution is 5.76. The van der Waals surface area contributed by atoms with Crippen LogP contribution in [0.4, 0.5) is 0 Å². The fourth-order valence-corrected chi connectivity index (χ4v) is 7.82. The van der Waals surface area contributed by atoms with Crippen molar-refractivity contribution in [2.45, 2.75) is 248 Å². The zero-order valence-electron chi connectivity index (χ0n) is 36.5. The number of hydrogen-bond acceptors (Lipinski definition) is 13. The van der Waals surface area contributed by atoms with Crippen molar-refractivity contribution in [3.8, 4) is 0 Å². The average molecular weight is 848 g/mol. The Morgan fingerprint density at radius 1 is 0.593 bits per heavy atom. The number of aliphatic hydroxyl groups excluding tert-OH is 8. The van der Waals surface area contributed by atoms with Crippen molar-refractivity contribution >= 4 is 5.91 Å². The van der Waals surface area contributed by atoms with Gasteiger partial charge in [0.25, 0.3) is 0 Å². The summed E-state index contributed by atoms with van der Waals surface area (Å²) in [6.45, 7) is 2.76. The van der Waals surface area contributed by atoms with E-state index in [0.29, 0.717) is 6.42 Å². The minimum absolute atomic E-state index is 0.241. The second-order valence-electron chi connectivity index (χ2n) is 16.9. The van der Waals surface area contributed by atoms with Crippen LogP contribution in [0.1, 0.15) is 174 Å². The Kier molecular flexibility index (Phi) is 30.4. The van der Waals surface area contributed by atoms with Crippen LogP contribution in [0.15, 0.2) is 12.2 Å². The van der Waals surface area contributed by atoms with Gasteiger partial charge in [-0.05, 0) is 19.3 Å². The van der Waals surface area contributed by atoms with E-state index in [1.165, 1.54) is 109 Å². The molecule has 59 heavy (non-hydrogen) atoms. The molecule has 2 heterocycles. The molecule has 1 amide bonds. The summed E-state index contributed by atoms with van der Waals surface area (Å²) in [5, 5.41) is 86.4. The van der Waals surface area contributed by atoms with Gasteiger partial charge in [0, 0.05) is 6.42 Å². The monoisotopic (exact) mass is 848 g/mol. The van der Waals surface area contributed by atoms with Crippen LogP contribution in [-0.4, -0.2) is 140 Å². The maximum absolute atomic E-state index is 13.1. The molecule has 0 saturated carbocycles. The lowest BCUT2D eigenvalue weighted by atomic mass is 9.97. The molecule has 12 atom stereocenters. The summed E-state index contributed by atoms with van der Waals surface area (Å²) in [7, 11) is 0. The third-order valence-electron chi connectivity index (χ3n) is 11.7. The quantitative estimate of drug-likeness (QED) is 0.0308. The topological polar surface area (TPSA) is 228 Å². The summed E-state index contributed by atoms with van der Waals surface area (Å²) in [5.41, 5.74) is 0. The third-order valence-corrected chi connectivity index (χ3v) is 11.7. The van der Waals surface area contributed by atoms with Crippen molar-refractivity contribution in [2.24, 2.45) is 0 Å². The summed E-state index contributed by atoms with van der Waals surface area (Å²) < 4.78 is 22.6. The fourth-order valence-electron chi connectivity index (χ4n) is 7.82. The van der Waals surface area contributed by atoms with Crippen LogP contribution in [0.5, 0.6) is 0 Å². The van der Waals surface area contributed by atoms with Gasteiger partial charge in [-0.2, -0.15) is 0 Å². The van der Waals surface area contributed by atoms with E-state index in [1.54, 1.807) is 6.08 Å². The first-order valence-corrected chi connectivity index (χ1v) is 23.4. The number of amides is 1.